The molecule has 3 rings (SSSR count). The number of nitrogens with one attached hydrogen (secondary N) is 2. The molecule has 0 saturated carbocycles. The zero-order valence-corrected chi connectivity index (χ0v) is 13.8. The maximum atomic E-state index is 12.1. The summed E-state index contributed by atoms with van der Waals surface area (Å²) in [7, 11) is 1.59. The van der Waals surface area contributed by atoms with Crippen molar-refractivity contribution in [2.24, 2.45) is 0 Å². The predicted octanol–water partition coefficient (Wildman–Crippen LogP) is 1.72. The Labute approximate surface area is 144 Å². The highest BCUT2D eigenvalue weighted by Gasteiger charge is 2.06. The van der Waals surface area contributed by atoms with Gasteiger partial charge in [0.25, 0.3) is 0 Å². The molecule has 0 spiro atoms. The van der Waals surface area contributed by atoms with Gasteiger partial charge < -0.3 is 15.4 Å². The van der Waals surface area contributed by atoms with Gasteiger partial charge in [0, 0.05) is 25.0 Å². The van der Waals surface area contributed by atoms with Gasteiger partial charge in [0.2, 0.25) is 0 Å². The molecule has 2 heterocycles. The van der Waals surface area contributed by atoms with Crippen molar-refractivity contribution in [2.45, 2.75) is 13.0 Å². The first kappa shape index (κ1) is 16.6. The molecule has 2 N–H and O–H groups in total. The van der Waals surface area contributed by atoms with E-state index in [4.69, 9.17) is 4.74 Å². The number of rotatable bonds is 6. The number of carbonyl (C=O) groups excluding carboxylic acids is 1. The molecule has 0 atom stereocenters. The Hall–Kier alpha value is -3.29. The summed E-state index contributed by atoms with van der Waals surface area (Å²) in [5.41, 5.74) is 1.10. The van der Waals surface area contributed by atoms with Crippen LogP contribution in [0.5, 0.6) is 5.75 Å². The quantitative estimate of drug-likeness (QED) is 0.668. The van der Waals surface area contributed by atoms with Crippen molar-refractivity contribution in [1.82, 2.24) is 19.5 Å². The Balaban J connectivity index is 1.46. The monoisotopic (exact) mass is 341 g/mol. The van der Waals surface area contributed by atoms with Crippen LogP contribution in [0.4, 0.5) is 10.5 Å². The fraction of sp³-hybridized carbons (Fsp3) is 0.235. The lowest BCUT2D eigenvalue weighted by Crippen LogP contribution is -2.31. The summed E-state index contributed by atoms with van der Waals surface area (Å²) in [6.45, 7) is 0.867. The van der Waals surface area contributed by atoms with Crippen molar-refractivity contribution in [3.05, 3.63) is 59.1 Å². The maximum absolute atomic E-state index is 12.1. The molecule has 3 aromatic rings. The van der Waals surface area contributed by atoms with Gasteiger partial charge in [0.15, 0.2) is 5.65 Å². The molecule has 25 heavy (non-hydrogen) atoms. The smallest absolute Gasteiger partial charge is 0.350 e. The molecule has 130 valence electrons. The van der Waals surface area contributed by atoms with Crippen LogP contribution >= 0.6 is 0 Å². The summed E-state index contributed by atoms with van der Waals surface area (Å²) >= 11 is 0. The third-order valence-electron chi connectivity index (χ3n) is 3.67. The van der Waals surface area contributed by atoms with Gasteiger partial charge in [0.05, 0.1) is 7.11 Å². The highest BCUT2D eigenvalue weighted by atomic mass is 16.5. The van der Waals surface area contributed by atoms with Gasteiger partial charge in [-0.25, -0.2) is 14.3 Å². The minimum Gasteiger partial charge on any atom is -0.497 e. The fourth-order valence-corrected chi connectivity index (χ4v) is 2.39. The van der Waals surface area contributed by atoms with E-state index in [-0.39, 0.29) is 11.7 Å². The second-order valence-electron chi connectivity index (χ2n) is 5.40. The third kappa shape index (κ3) is 3.97. The third-order valence-corrected chi connectivity index (χ3v) is 3.67. The van der Waals surface area contributed by atoms with Gasteiger partial charge in [-0.3, -0.25) is 4.40 Å². The Morgan fingerprint density at radius 2 is 2.00 bits per heavy atom. The number of amides is 2. The molecule has 0 unspecified atom stereocenters. The molecule has 8 nitrogen and oxygen atoms in total. The molecule has 0 aliphatic heterocycles. The first-order chi connectivity index (χ1) is 12.2. The van der Waals surface area contributed by atoms with E-state index in [0.717, 1.165) is 5.75 Å². The normalized spacial score (nSPS) is 10.6. The molecule has 0 saturated heterocycles. The molecular formula is C17H19N5O3. The van der Waals surface area contributed by atoms with E-state index < -0.39 is 0 Å². The van der Waals surface area contributed by atoms with Gasteiger partial charge in [-0.15, -0.1) is 5.10 Å². The fourth-order valence-electron chi connectivity index (χ4n) is 2.39. The summed E-state index contributed by atoms with van der Waals surface area (Å²) in [4.78, 5) is 23.9. The number of fused-ring (bicyclic) bond motifs is 1. The lowest BCUT2D eigenvalue weighted by atomic mass is 10.3. The van der Waals surface area contributed by atoms with Crippen molar-refractivity contribution in [3.8, 4) is 5.75 Å². The number of methoxy groups -OCH3 is 1. The molecule has 0 aliphatic rings. The van der Waals surface area contributed by atoms with E-state index in [9.17, 15) is 9.59 Å². The topological polar surface area (TPSA) is 89.7 Å². The number of hydrogen-bond acceptors (Lipinski definition) is 4. The van der Waals surface area contributed by atoms with Crippen molar-refractivity contribution in [2.75, 3.05) is 19.0 Å². The van der Waals surface area contributed by atoms with E-state index in [1.165, 1.54) is 9.08 Å². The molecule has 2 aromatic heterocycles. The summed E-state index contributed by atoms with van der Waals surface area (Å²) in [6.07, 6.45) is 2.28. The van der Waals surface area contributed by atoms with Crippen LogP contribution < -0.4 is 21.1 Å². The van der Waals surface area contributed by atoms with E-state index in [0.29, 0.717) is 30.8 Å². The van der Waals surface area contributed by atoms with Gasteiger partial charge in [-0.2, -0.15) is 0 Å². The standard InChI is InChI=1S/C17H19N5O3/c1-25-14-8-6-13(7-9-14)19-16(23)18-10-4-12-22-17(24)21-11-3-2-5-15(21)20-22/h2-3,5-9,11H,4,10,12H2,1H3,(H2,18,19,23). The maximum Gasteiger partial charge on any atom is 0.350 e. The van der Waals surface area contributed by atoms with Crippen LogP contribution in [0.3, 0.4) is 0 Å². The number of hydrogen-bond donors (Lipinski definition) is 2. The summed E-state index contributed by atoms with van der Waals surface area (Å²) in [5.74, 6) is 0.726. The Morgan fingerprint density at radius 3 is 2.72 bits per heavy atom. The highest BCUT2D eigenvalue weighted by Crippen LogP contribution is 2.14. The number of carbonyl (C=O) groups is 1. The average molecular weight is 341 g/mol. The van der Waals surface area contributed by atoms with E-state index in [1.807, 2.05) is 6.07 Å². The van der Waals surface area contributed by atoms with Gasteiger partial charge in [-0.1, -0.05) is 6.07 Å². The van der Waals surface area contributed by atoms with Crippen LogP contribution in [-0.2, 0) is 6.54 Å². The van der Waals surface area contributed by atoms with Crippen molar-refractivity contribution < 1.29 is 9.53 Å². The van der Waals surface area contributed by atoms with E-state index in [2.05, 4.69) is 15.7 Å². The number of aryl methyl sites for hydroxylation is 1. The number of urea groups is 1. The van der Waals surface area contributed by atoms with Crippen LogP contribution in [0.2, 0.25) is 0 Å². The average Bonchev–Trinajstić information content (AvgIpc) is 2.96. The Morgan fingerprint density at radius 1 is 1.20 bits per heavy atom. The first-order valence-corrected chi connectivity index (χ1v) is 7.90. The highest BCUT2D eigenvalue weighted by molar-refractivity contribution is 5.89. The molecule has 0 aliphatic carbocycles. The lowest BCUT2D eigenvalue weighted by molar-refractivity contribution is 0.251. The van der Waals surface area contributed by atoms with Gasteiger partial charge >= 0.3 is 11.7 Å². The van der Waals surface area contributed by atoms with Crippen LogP contribution in [0.1, 0.15) is 6.42 Å². The lowest BCUT2D eigenvalue weighted by Gasteiger charge is -2.08. The molecule has 2 amide bonds. The zero-order chi connectivity index (χ0) is 17.6. The first-order valence-electron chi connectivity index (χ1n) is 7.90. The number of pyridine rings is 1. The zero-order valence-electron chi connectivity index (χ0n) is 13.8. The number of anilines is 1. The minimum atomic E-state index is -0.299. The van der Waals surface area contributed by atoms with Gasteiger partial charge in [0.1, 0.15) is 5.75 Å². The van der Waals surface area contributed by atoms with Crippen molar-refractivity contribution in [1.29, 1.82) is 0 Å². The molecule has 0 radical (unpaired) electrons. The number of nitrogens with zero attached hydrogens (tertiary/aromatic N) is 3. The minimum absolute atomic E-state index is 0.182. The molecule has 0 fully saturated rings. The number of ether oxygens (including phenoxy) is 1. The second-order valence-corrected chi connectivity index (χ2v) is 5.40. The second kappa shape index (κ2) is 7.52. The summed E-state index contributed by atoms with van der Waals surface area (Å²) in [5, 5.41) is 9.72. The largest absolute Gasteiger partial charge is 0.497 e. The van der Waals surface area contributed by atoms with E-state index in [1.54, 1.807) is 49.7 Å². The van der Waals surface area contributed by atoms with Gasteiger partial charge in [-0.05, 0) is 42.8 Å². The predicted molar refractivity (Wildman–Crippen MR) is 94.1 cm³/mol. The van der Waals surface area contributed by atoms with Crippen molar-refractivity contribution in [3.63, 3.8) is 0 Å². The van der Waals surface area contributed by atoms with E-state index >= 15 is 0 Å². The number of benzene rings is 1. The van der Waals surface area contributed by atoms with Crippen LogP contribution in [0.15, 0.2) is 53.5 Å². The molecule has 8 heteroatoms. The molecular weight excluding hydrogens is 322 g/mol. The van der Waals surface area contributed by atoms with Crippen LogP contribution in [-0.4, -0.2) is 33.9 Å². The Kier molecular flexibility index (Phi) is 4.98. The Bertz CT molecular complexity index is 914. The molecule has 0 bridgehead atoms. The SMILES string of the molecule is COc1ccc(NC(=O)NCCCn2nc3ccccn3c2=O)cc1. The van der Waals surface area contributed by atoms with Crippen molar-refractivity contribution >= 4 is 17.4 Å². The number of aromatic nitrogens is 3. The summed E-state index contributed by atoms with van der Waals surface area (Å²) < 4.78 is 7.95. The summed E-state index contributed by atoms with van der Waals surface area (Å²) in [6, 6.07) is 12.1. The van der Waals surface area contributed by atoms with Crippen LogP contribution in [0.25, 0.3) is 5.65 Å². The van der Waals surface area contributed by atoms with Crippen LogP contribution in [0, 0.1) is 0 Å². The molecule has 1 aromatic carbocycles.